The van der Waals surface area contributed by atoms with Crippen LogP contribution in [0.15, 0.2) is 59.1 Å². The monoisotopic (exact) mass is 353 g/mol. The second kappa shape index (κ2) is 6.24. The molecular formula is C20H19NO3S. The summed E-state index contributed by atoms with van der Waals surface area (Å²) in [4.78, 5) is 28.5. The van der Waals surface area contributed by atoms with Gasteiger partial charge in [-0.05, 0) is 30.7 Å². The molecule has 4 nitrogen and oxygen atoms in total. The molecule has 128 valence electrons. The van der Waals surface area contributed by atoms with E-state index in [9.17, 15) is 14.7 Å². The van der Waals surface area contributed by atoms with Gasteiger partial charge in [-0.2, -0.15) is 0 Å². The number of rotatable bonds is 4. The van der Waals surface area contributed by atoms with E-state index in [0.29, 0.717) is 16.1 Å². The molecular weight excluding hydrogens is 334 g/mol. The number of carbonyl (C=O) groups is 2. The molecule has 1 aromatic carbocycles. The van der Waals surface area contributed by atoms with Gasteiger partial charge < -0.3 is 10.0 Å². The Labute approximate surface area is 150 Å². The molecule has 2 aliphatic rings. The molecule has 1 unspecified atom stereocenters. The summed E-state index contributed by atoms with van der Waals surface area (Å²) in [5.41, 5.74) is -0.559. The van der Waals surface area contributed by atoms with Gasteiger partial charge in [0.1, 0.15) is 0 Å². The van der Waals surface area contributed by atoms with E-state index in [-0.39, 0.29) is 11.4 Å². The van der Waals surface area contributed by atoms with Gasteiger partial charge in [-0.1, -0.05) is 36.4 Å². The van der Waals surface area contributed by atoms with Crippen molar-refractivity contribution in [3.05, 3.63) is 69.6 Å². The number of aliphatic hydroxyl groups is 1. The van der Waals surface area contributed by atoms with E-state index >= 15 is 0 Å². The highest BCUT2D eigenvalue weighted by molar-refractivity contribution is 7.10. The molecule has 25 heavy (non-hydrogen) atoms. The zero-order chi connectivity index (χ0) is 17.4. The Morgan fingerprint density at radius 3 is 2.40 bits per heavy atom. The Bertz CT molecular complexity index is 835. The van der Waals surface area contributed by atoms with Gasteiger partial charge in [0.25, 0.3) is 0 Å². The van der Waals surface area contributed by atoms with Crippen LogP contribution in [0.25, 0.3) is 0 Å². The van der Waals surface area contributed by atoms with Crippen LogP contribution >= 0.6 is 11.3 Å². The Hall–Kier alpha value is -2.24. The molecule has 1 saturated heterocycles. The lowest BCUT2D eigenvalue weighted by Gasteiger charge is -2.46. The molecule has 0 spiro atoms. The Morgan fingerprint density at radius 2 is 1.76 bits per heavy atom. The van der Waals surface area contributed by atoms with E-state index in [1.807, 2.05) is 22.4 Å². The van der Waals surface area contributed by atoms with E-state index in [1.165, 1.54) is 11.3 Å². The summed E-state index contributed by atoms with van der Waals surface area (Å²) in [5, 5.41) is 13.1. The fraction of sp³-hybridized carbons (Fsp3) is 0.300. The minimum Gasteiger partial charge on any atom is -0.371 e. The Morgan fingerprint density at radius 1 is 1.04 bits per heavy atom. The summed E-state index contributed by atoms with van der Waals surface area (Å²) in [6, 6.07) is 12.4. The van der Waals surface area contributed by atoms with Crippen LogP contribution in [0.3, 0.4) is 0 Å². The lowest BCUT2D eigenvalue weighted by molar-refractivity contribution is -0.137. The molecule has 0 bridgehead atoms. The molecule has 4 rings (SSSR count). The predicted molar refractivity (Wildman–Crippen MR) is 96.4 cm³/mol. The number of hydrogen-bond donors (Lipinski definition) is 1. The van der Waals surface area contributed by atoms with Crippen LogP contribution < -0.4 is 0 Å². The number of thiophene rings is 1. The van der Waals surface area contributed by atoms with Crippen LogP contribution in [0.5, 0.6) is 0 Å². The first kappa shape index (κ1) is 16.2. The molecule has 1 aliphatic heterocycles. The molecule has 1 aromatic heterocycles. The SMILES string of the molecule is O=C(C1=C(N2CCCCC2)C(O)(c2cccs2)C1=O)c1ccccc1. The van der Waals surface area contributed by atoms with Crippen molar-refractivity contribution >= 4 is 22.9 Å². The van der Waals surface area contributed by atoms with Gasteiger partial charge in [0.05, 0.1) is 16.1 Å². The highest BCUT2D eigenvalue weighted by atomic mass is 32.1. The molecule has 2 heterocycles. The minimum absolute atomic E-state index is 0.143. The van der Waals surface area contributed by atoms with Gasteiger partial charge in [0, 0.05) is 18.7 Å². The van der Waals surface area contributed by atoms with Crippen molar-refractivity contribution in [3.8, 4) is 0 Å². The third-order valence-electron chi connectivity index (χ3n) is 4.95. The highest BCUT2D eigenvalue weighted by Crippen LogP contribution is 2.48. The first-order valence-electron chi connectivity index (χ1n) is 8.54. The zero-order valence-corrected chi connectivity index (χ0v) is 14.6. The van der Waals surface area contributed by atoms with Crippen molar-refractivity contribution in [3.63, 3.8) is 0 Å². The van der Waals surface area contributed by atoms with Crippen molar-refractivity contribution < 1.29 is 14.7 Å². The summed E-state index contributed by atoms with van der Waals surface area (Å²) < 4.78 is 0. The third-order valence-corrected chi connectivity index (χ3v) is 5.93. The number of likely N-dealkylation sites (tertiary alicyclic amines) is 1. The second-order valence-electron chi connectivity index (χ2n) is 6.48. The number of ketones is 2. The summed E-state index contributed by atoms with van der Waals surface area (Å²) in [6.07, 6.45) is 3.15. The number of carbonyl (C=O) groups excluding carboxylic acids is 2. The Kier molecular flexibility index (Phi) is 4.06. The number of benzene rings is 1. The molecule has 1 N–H and O–H groups in total. The molecule has 1 fully saturated rings. The fourth-order valence-corrected chi connectivity index (χ4v) is 4.50. The number of Topliss-reactive ketones (excluding diaryl/α,β-unsaturated/α-hetero) is 2. The van der Waals surface area contributed by atoms with Crippen molar-refractivity contribution in [1.82, 2.24) is 4.90 Å². The van der Waals surface area contributed by atoms with Gasteiger partial charge in [0.2, 0.25) is 11.4 Å². The maximum atomic E-state index is 12.9. The first-order valence-corrected chi connectivity index (χ1v) is 9.42. The van der Waals surface area contributed by atoms with Crippen LogP contribution in [0.2, 0.25) is 0 Å². The molecule has 0 saturated carbocycles. The third kappa shape index (κ3) is 2.46. The quantitative estimate of drug-likeness (QED) is 0.678. The van der Waals surface area contributed by atoms with Crippen molar-refractivity contribution in [1.29, 1.82) is 0 Å². The van der Waals surface area contributed by atoms with Gasteiger partial charge in [0.15, 0.2) is 5.78 Å². The highest BCUT2D eigenvalue weighted by Gasteiger charge is 2.58. The van der Waals surface area contributed by atoms with E-state index in [0.717, 1.165) is 32.4 Å². The maximum Gasteiger partial charge on any atom is 0.211 e. The topological polar surface area (TPSA) is 57.6 Å². The van der Waals surface area contributed by atoms with Gasteiger partial charge in [-0.3, -0.25) is 9.59 Å². The smallest absolute Gasteiger partial charge is 0.211 e. The second-order valence-corrected chi connectivity index (χ2v) is 7.43. The van der Waals surface area contributed by atoms with Gasteiger partial charge in [-0.25, -0.2) is 0 Å². The van der Waals surface area contributed by atoms with Crippen LogP contribution in [0, 0.1) is 0 Å². The molecule has 1 aliphatic carbocycles. The number of nitrogens with zero attached hydrogens (tertiary/aromatic N) is 1. The summed E-state index contributed by atoms with van der Waals surface area (Å²) in [5.74, 6) is -0.781. The minimum atomic E-state index is -1.68. The summed E-state index contributed by atoms with van der Waals surface area (Å²) >= 11 is 1.34. The van der Waals surface area contributed by atoms with Crippen LogP contribution in [-0.2, 0) is 10.4 Å². The first-order chi connectivity index (χ1) is 12.1. The van der Waals surface area contributed by atoms with Gasteiger partial charge >= 0.3 is 0 Å². The average molecular weight is 353 g/mol. The summed E-state index contributed by atoms with van der Waals surface area (Å²) in [6.45, 7) is 1.53. The Balaban J connectivity index is 1.83. The normalized spacial score (nSPS) is 23.6. The van der Waals surface area contributed by atoms with Crippen LogP contribution in [0.1, 0.15) is 34.5 Å². The molecule has 1 atom stereocenters. The standard InChI is InChI=1S/C20H19NO3S/c22-17(14-8-3-1-4-9-14)16-18(21-11-5-2-6-12-21)20(24,19(16)23)15-10-7-13-25-15/h1,3-4,7-10,13,24H,2,5-6,11-12H2. The largest absolute Gasteiger partial charge is 0.371 e. The lowest BCUT2D eigenvalue weighted by Crippen LogP contribution is -2.56. The van der Waals surface area contributed by atoms with Crippen molar-refractivity contribution in [2.75, 3.05) is 13.1 Å². The molecule has 0 radical (unpaired) electrons. The molecule has 5 heteroatoms. The number of hydrogen-bond acceptors (Lipinski definition) is 5. The summed E-state index contributed by atoms with van der Waals surface area (Å²) in [7, 11) is 0. The molecule has 2 aromatic rings. The number of piperidine rings is 1. The predicted octanol–water partition coefficient (Wildman–Crippen LogP) is 3.14. The zero-order valence-electron chi connectivity index (χ0n) is 13.8. The average Bonchev–Trinajstić information content (AvgIpc) is 3.21. The van der Waals surface area contributed by atoms with E-state index in [4.69, 9.17) is 0 Å². The lowest BCUT2D eigenvalue weighted by atomic mass is 9.71. The fourth-order valence-electron chi connectivity index (χ4n) is 3.68. The van der Waals surface area contributed by atoms with Crippen molar-refractivity contribution in [2.45, 2.75) is 24.9 Å². The van der Waals surface area contributed by atoms with Crippen LogP contribution in [0.4, 0.5) is 0 Å². The van der Waals surface area contributed by atoms with Crippen molar-refractivity contribution in [2.24, 2.45) is 0 Å². The van der Waals surface area contributed by atoms with Gasteiger partial charge in [-0.15, -0.1) is 11.3 Å². The maximum absolute atomic E-state index is 12.9. The van der Waals surface area contributed by atoms with E-state index in [1.54, 1.807) is 30.3 Å². The molecule has 0 amide bonds. The van der Waals surface area contributed by atoms with Crippen LogP contribution in [-0.4, -0.2) is 34.7 Å². The van der Waals surface area contributed by atoms with E-state index < -0.39 is 11.4 Å². The van der Waals surface area contributed by atoms with E-state index in [2.05, 4.69) is 0 Å².